The first-order valence-electron chi connectivity index (χ1n) is 20.5. The van der Waals surface area contributed by atoms with Crippen molar-refractivity contribution in [2.45, 2.75) is 0 Å². The topological polar surface area (TPSA) is 64.5 Å². The molecule has 290 valence electrons. The Morgan fingerprint density at radius 2 is 0.823 bits per heavy atom. The first-order chi connectivity index (χ1) is 30.7. The normalized spacial score (nSPS) is 11.5. The lowest BCUT2D eigenvalue weighted by Crippen LogP contribution is -2.00. The van der Waals surface area contributed by atoms with Gasteiger partial charge in [-0.3, -0.25) is 0 Å². The molecule has 0 spiro atoms. The van der Waals surface area contributed by atoms with Crippen molar-refractivity contribution in [3.8, 4) is 79.1 Å². The van der Waals surface area contributed by atoms with Gasteiger partial charge in [-0.05, 0) is 46.5 Å². The molecule has 0 fully saturated rings. The van der Waals surface area contributed by atoms with Gasteiger partial charge in [-0.1, -0.05) is 176 Å². The van der Waals surface area contributed by atoms with Crippen LogP contribution >= 0.6 is 22.7 Å². The summed E-state index contributed by atoms with van der Waals surface area (Å²) in [7, 11) is 0. The van der Waals surface area contributed by atoms with E-state index in [9.17, 15) is 0 Å². The van der Waals surface area contributed by atoms with Gasteiger partial charge in [0, 0.05) is 58.1 Å². The van der Waals surface area contributed by atoms with E-state index >= 15 is 0 Å². The van der Waals surface area contributed by atoms with Gasteiger partial charge in [0.2, 0.25) is 0 Å². The van der Waals surface area contributed by atoms with Crippen molar-refractivity contribution in [2.75, 3.05) is 0 Å². The summed E-state index contributed by atoms with van der Waals surface area (Å²) < 4.78 is 4.71. The molecule has 0 N–H and O–H groups in total. The number of nitrogens with zero attached hydrogens (tertiary/aromatic N) is 5. The van der Waals surface area contributed by atoms with Crippen LogP contribution in [0.5, 0.6) is 0 Å². The molecule has 0 aliphatic heterocycles. The first kappa shape index (κ1) is 36.2. The lowest BCUT2D eigenvalue weighted by Gasteiger charge is -2.10. The lowest BCUT2D eigenvalue weighted by atomic mass is 10.0. The van der Waals surface area contributed by atoms with Gasteiger partial charge in [0.05, 0.1) is 15.9 Å². The summed E-state index contributed by atoms with van der Waals surface area (Å²) in [5.74, 6) is 2.65. The Morgan fingerprint density at radius 3 is 1.61 bits per heavy atom. The van der Waals surface area contributed by atoms with Crippen molar-refractivity contribution >= 4 is 63.1 Å². The second-order valence-corrected chi connectivity index (χ2v) is 17.4. The van der Waals surface area contributed by atoms with Crippen molar-refractivity contribution in [3.63, 3.8) is 0 Å². The van der Waals surface area contributed by atoms with E-state index in [1.807, 2.05) is 30.3 Å². The number of aromatic nitrogens is 5. The second kappa shape index (κ2) is 15.1. The molecular formula is C55H33N5S2. The highest BCUT2D eigenvalue weighted by Gasteiger charge is 2.19. The van der Waals surface area contributed by atoms with E-state index in [1.54, 1.807) is 22.7 Å². The quantitative estimate of drug-likeness (QED) is 0.160. The highest BCUT2D eigenvalue weighted by Crippen LogP contribution is 2.43. The van der Waals surface area contributed by atoms with Gasteiger partial charge in [0.25, 0.3) is 0 Å². The third kappa shape index (κ3) is 6.43. The number of hydrogen-bond acceptors (Lipinski definition) is 7. The highest BCUT2D eigenvalue weighted by atomic mass is 32.1. The molecule has 0 amide bonds. The Labute approximate surface area is 365 Å². The van der Waals surface area contributed by atoms with Crippen LogP contribution in [0.3, 0.4) is 0 Å². The molecular weight excluding hydrogens is 795 g/mol. The largest absolute Gasteiger partial charge is 0.226 e. The predicted octanol–water partition coefficient (Wildman–Crippen LogP) is 15.1. The molecule has 0 atom stereocenters. The van der Waals surface area contributed by atoms with E-state index in [-0.39, 0.29) is 0 Å². The Morgan fingerprint density at radius 1 is 0.290 bits per heavy atom. The molecule has 5 nitrogen and oxygen atoms in total. The molecule has 12 aromatic rings. The van der Waals surface area contributed by atoms with Crippen molar-refractivity contribution < 1.29 is 0 Å². The Balaban J connectivity index is 0.932. The number of rotatable bonds is 7. The molecule has 4 aromatic heterocycles. The standard InChI is InChI=1S/C55H33N5S2/c1-4-14-34(15-5-1)39-20-12-21-41(32-39)54-58-53(37-18-8-3-9-19-37)59-55(60-54)44-23-13-25-46-48(44)42-31-30-40(33-47(42)61-46)35-26-28-38(29-27-35)52-56-49(36-16-6-2-7-17-36)51-50(57-52)43-22-10-11-24-45(43)62-51/h1-33H. The fraction of sp³-hybridized carbons (Fsp3) is 0. The molecule has 4 heterocycles. The van der Waals surface area contributed by atoms with Gasteiger partial charge in [-0.25, -0.2) is 24.9 Å². The van der Waals surface area contributed by atoms with Crippen LogP contribution in [-0.4, -0.2) is 24.9 Å². The fourth-order valence-corrected chi connectivity index (χ4v) is 10.7. The molecule has 0 saturated heterocycles. The Kier molecular flexibility index (Phi) is 8.80. The lowest BCUT2D eigenvalue weighted by molar-refractivity contribution is 1.08. The molecule has 0 radical (unpaired) electrons. The number of thiophene rings is 2. The van der Waals surface area contributed by atoms with Crippen molar-refractivity contribution in [2.24, 2.45) is 0 Å². The fourth-order valence-electron chi connectivity index (χ4n) is 8.33. The van der Waals surface area contributed by atoms with Crippen LogP contribution in [0.25, 0.3) is 120 Å². The van der Waals surface area contributed by atoms with Gasteiger partial charge >= 0.3 is 0 Å². The van der Waals surface area contributed by atoms with Crippen molar-refractivity contribution in [1.82, 2.24) is 24.9 Å². The van der Waals surface area contributed by atoms with E-state index in [4.69, 9.17) is 24.9 Å². The zero-order valence-corrected chi connectivity index (χ0v) is 34.7. The summed E-state index contributed by atoms with van der Waals surface area (Å²) in [5.41, 5.74) is 11.4. The zero-order valence-electron chi connectivity index (χ0n) is 33.1. The SMILES string of the molecule is c1ccc(-c2cccc(-c3nc(-c4ccccc4)nc(-c4cccc5sc6cc(-c7ccc(-c8nc(-c9ccccc9)c9sc%10ccccc%10c9n8)cc7)ccc6c45)n3)c2)cc1. The molecule has 0 aliphatic rings. The van der Waals surface area contributed by atoms with Gasteiger partial charge < -0.3 is 0 Å². The third-order valence-electron chi connectivity index (χ3n) is 11.4. The molecule has 0 bridgehead atoms. The maximum Gasteiger partial charge on any atom is 0.164 e. The average molecular weight is 828 g/mol. The van der Waals surface area contributed by atoms with E-state index in [1.165, 1.54) is 19.5 Å². The van der Waals surface area contributed by atoms with E-state index < -0.39 is 0 Å². The smallest absolute Gasteiger partial charge is 0.164 e. The summed E-state index contributed by atoms with van der Waals surface area (Å²) in [5, 5.41) is 3.48. The molecule has 0 saturated carbocycles. The third-order valence-corrected chi connectivity index (χ3v) is 13.7. The van der Waals surface area contributed by atoms with Crippen LogP contribution in [0.1, 0.15) is 0 Å². The van der Waals surface area contributed by atoms with Gasteiger partial charge in [-0.15, -0.1) is 22.7 Å². The minimum atomic E-state index is 0.638. The number of fused-ring (bicyclic) bond motifs is 6. The second-order valence-electron chi connectivity index (χ2n) is 15.2. The summed E-state index contributed by atoms with van der Waals surface area (Å²) in [4.78, 5) is 25.7. The molecule has 7 heteroatoms. The number of benzene rings is 8. The molecule has 12 rings (SSSR count). The molecule has 8 aromatic carbocycles. The minimum absolute atomic E-state index is 0.638. The summed E-state index contributed by atoms with van der Waals surface area (Å²) in [6.07, 6.45) is 0. The number of hydrogen-bond donors (Lipinski definition) is 0. The first-order valence-corrected chi connectivity index (χ1v) is 22.1. The maximum absolute atomic E-state index is 5.19. The van der Waals surface area contributed by atoms with Crippen LogP contribution in [0.2, 0.25) is 0 Å². The van der Waals surface area contributed by atoms with E-state index in [0.29, 0.717) is 17.5 Å². The van der Waals surface area contributed by atoms with Crippen molar-refractivity contribution in [3.05, 3.63) is 200 Å². The van der Waals surface area contributed by atoms with Crippen LogP contribution in [0, 0.1) is 0 Å². The van der Waals surface area contributed by atoms with Crippen LogP contribution in [-0.2, 0) is 0 Å². The highest BCUT2D eigenvalue weighted by molar-refractivity contribution is 7.26. The Bertz CT molecular complexity index is 3620. The summed E-state index contributed by atoms with van der Waals surface area (Å²) in [6, 6.07) is 69.8. The monoisotopic (exact) mass is 827 g/mol. The van der Waals surface area contributed by atoms with E-state index in [0.717, 1.165) is 82.6 Å². The average Bonchev–Trinajstić information content (AvgIpc) is 3.93. The van der Waals surface area contributed by atoms with Gasteiger partial charge in [-0.2, -0.15) is 0 Å². The van der Waals surface area contributed by atoms with Gasteiger partial charge in [0.1, 0.15) is 0 Å². The van der Waals surface area contributed by atoms with E-state index in [2.05, 4.69) is 170 Å². The maximum atomic E-state index is 5.19. The van der Waals surface area contributed by atoms with Crippen LogP contribution in [0.4, 0.5) is 0 Å². The molecule has 62 heavy (non-hydrogen) atoms. The summed E-state index contributed by atoms with van der Waals surface area (Å²) in [6.45, 7) is 0. The Hall–Kier alpha value is -7.71. The minimum Gasteiger partial charge on any atom is -0.226 e. The van der Waals surface area contributed by atoms with Crippen molar-refractivity contribution in [1.29, 1.82) is 0 Å². The van der Waals surface area contributed by atoms with Crippen LogP contribution in [0.15, 0.2) is 200 Å². The zero-order chi connectivity index (χ0) is 41.0. The molecule has 0 unspecified atom stereocenters. The van der Waals surface area contributed by atoms with Crippen LogP contribution < -0.4 is 0 Å². The van der Waals surface area contributed by atoms with Gasteiger partial charge in [0.15, 0.2) is 23.3 Å². The molecule has 0 aliphatic carbocycles. The summed E-state index contributed by atoms with van der Waals surface area (Å²) >= 11 is 3.55. The predicted molar refractivity (Wildman–Crippen MR) is 259 cm³/mol.